The van der Waals surface area contributed by atoms with Crippen molar-refractivity contribution in [3.63, 3.8) is 0 Å². The zero-order valence-corrected chi connectivity index (χ0v) is 11.5. The SMILES string of the molecule is COc1ccc(COc2ccc([N+](=O)[O-])nc2[N+](=O)[O-])cc1. The Bertz CT molecular complexity index is 701. The van der Waals surface area contributed by atoms with Gasteiger partial charge in [0.15, 0.2) is 0 Å². The molecule has 0 spiro atoms. The van der Waals surface area contributed by atoms with Gasteiger partial charge in [0.25, 0.3) is 0 Å². The van der Waals surface area contributed by atoms with Crippen LogP contribution >= 0.6 is 0 Å². The fourth-order valence-electron chi connectivity index (χ4n) is 1.65. The molecule has 0 saturated heterocycles. The van der Waals surface area contributed by atoms with Gasteiger partial charge in [0.2, 0.25) is 5.75 Å². The molecular formula is C13H11N3O6. The minimum atomic E-state index is -0.823. The molecule has 0 aliphatic heterocycles. The van der Waals surface area contributed by atoms with Gasteiger partial charge in [0, 0.05) is 11.1 Å². The summed E-state index contributed by atoms with van der Waals surface area (Å²) in [5, 5.41) is 21.5. The predicted octanol–water partition coefficient (Wildman–Crippen LogP) is 2.49. The molecular weight excluding hydrogens is 294 g/mol. The van der Waals surface area contributed by atoms with E-state index in [2.05, 4.69) is 4.98 Å². The summed E-state index contributed by atoms with van der Waals surface area (Å²) in [5.74, 6) is -0.760. The van der Waals surface area contributed by atoms with Gasteiger partial charge in [-0.05, 0) is 33.6 Å². The highest BCUT2D eigenvalue weighted by Gasteiger charge is 2.21. The topological polar surface area (TPSA) is 118 Å². The summed E-state index contributed by atoms with van der Waals surface area (Å²) in [7, 11) is 1.54. The number of ether oxygens (including phenoxy) is 2. The van der Waals surface area contributed by atoms with Gasteiger partial charge in [-0.1, -0.05) is 12.1 Å². The van der Waals surface area contributed by atoms with E-state index in [-0.39, 0.29) is 12.4 Å². The van der Waals surface area contributed by atoms with Crippen molar-refractivity contribution in [1.82, 2.24) is 4.98 Å². The summed E-state index contributed by atoms with van der Waals surface area (Å²) in [6.07, 6.45) is 0. The normalized spacial score (nSPS) is 10.0. The van der Waals surface area contributed by atoms with E-state index in [0.29, 0.717) is 5.75 Å². The second-order valence-corrected chi connectivity index (χ2v) is 4.14. The first-order valence-corrected chi connectivity index (χ1v) is 6.07. The molecule has 0 fully saturated rings. The summed E-state index contributed by atoms with van der Waals surface area (Å²) >= 11 is 0. The first kappa shape index (κ1) is 15.2. The zero-order valence-electron chi connectivity index (χ0n) is 11.5. The van der Waals surface area contributed by atoms with Gasteiger partial charge in [-0.2, -0.15) is 0 Å². The quantitative estimate of drug-likeness (QED) is 0.594. The molecule has 22 heavy (non-hydrogen) atoms. The smallest absolute Gasteiger partial charge is 0.410 e. The summed E-state index contributed by atoms with van der Waals surface area (Å²) < 4.78 is 10.3. The standard InChI is InChI=1S/C13H11N3O6/c1-21-10-4-2-9(3-5-10)8-22-11-6-7-12(15(17)18)14-13(11)16(19)20/h2-7H,8H2,1H3. The predicted molar refractivity (Wildman–Crippen MR) is 74.9 cm³/mol. The van der Waals surface area contributed by atoms with E-state index in [4.69, 9.17) is 9.47 Å². The van der Waals surface area contributed by atoms with Gasteiger partial charge in [-0.3, -0.25) is 0 Å². The molecule has 2 rings (SSSR count). The molecule has 2 aromatic rings. The monoisotopic (exact) mass is 305 g/mol. The Morgan fingerprint density at radius 2 is 1.73 bits per heavy atom. The van der Waals surface area contributed by atoms with Crippen LogP contribution in [0.5, 0.6) is 11.5 Å². The van der Waals surface area contributed by atoms with Crippen molar-refractivity contribution in [2.45, 2.75) is 6.61 Å². The third-order valence-corrected chi connectivity index (χ3v) is 2.74. The summed E-state index contributed by atoms with van der Waals surface area (Å²) in [4.78, 5) is 23.2. The minimum Gasteiger partial charge on any atom is -0.497 e. The van der Waals surface area contributed by atoms with Crippen LogP contribution in [0, 0.1) is 20.2 Å². The number of aromatic nitrogens is 1. The van der Waals surface area contributed by atoms with Crippen molar-refractivity contribution in [3.8, 4) is 11.5 Å². The van der Waals surface area contributed by atoms with Gasteiger partial charge in [-0.25, -0.2) is 0 Å². The van der Waals surface area contributed by atoms with E-state index in [9.17, 15) is 20.2 Å². The molecule has 0 atom stereocenters. The highest BCUT2D eigenvalue weighted by atomic mass is 16.6. The number of hydrogen-bond acceptors (Lipinski definition) is 7. The number of nitro groups is 2. The van der Waals surface area contributed by atoms with Crippen LogP contribution < -0.4 is 9.47 Å². The molecule has 1 aromatic heterocycles. The molecule has 0 amide bonds. The van der Waals surface area contributed by atoms with Gasteiger partial charge in [-0.15, -0.1) is 0 Å². The fourth-order valence-corrected chi connectivity index (χ4v) is 1.65. The van der Waals surface area contributed by atoms with Crippen molar-refractivity contribution in [2.75, 3.05) is 7.11 Å². The molecule has 0 unspecified atom stereocenters. The maximum atomic E-state index is 10.9. The maximum absolute atomic E-state index is 10.9. The molecule has 0 bridgehead atoms. The molecule has 114 valence electrons. The molecule has 0 aliphatic rings. The van der Waals surface area contributed by atoms with Crippen LogP contribution in [0.3, 0.4) is 0 Å². The lowest BCUT2D eigenvalue weighted by molar-refractivity contribution is -0.403. The van der Waals surface area contributed by atoms with Gasteiger partial charge >= 0.3 is 11.6 Å². The molecule has 9 nitrogen and oxygen atoms in total. The molecule has 9 heteroatoms. The number of benzene rings is 1. The molecule has 0 N–H and O–H groups in total. The van der Waals surface area contributed by atoms with Crippen molar-refractivity contribution in [2.24, 2.45) is 0 Å². The summed E-state index contributed by atoms with van der Waals surface area (Å²) in [5.41, 5.74) is 0.758. The second kappa shape index (κ2) is 6.48. The average molecular weight is 305 g/mol. The van der Waals surface area contributed by atoms with Crippen molar-refractivity contribution in [3.05, 3.63) is 62.2 Å². The van der Waals surface area contributed by atoms with Crippen LogP contribution in [-0.2, 0) is 6.61 Å². The Morgan fingerprint density at radius 3 is 2.27 bits per heavy atom. The van der Waals surface area contributed by atoms with Crippen LogP contribution in [0.4, 0.5) is 11.6 Å². The largest absolute Gasteiger partial charge is 0.497 e. The summed E-state index contributed by atoms with van der Waals surface area (Å²) in [6.45, 7) is 0.0598. The van der Waals surface area contributed by atoms with Crippen molar-refractivity contribution in [1.29, 1.82) is 0 Å². The van der Waals surface area contributed by atoms with Crippen molar-refractivity contribution < 1.29 is 19.3 Å². The lowest BCUT2D eigenvalue weighted by Gasteiger charge is -2.07. The first-order valence-electron chi connectivity index (χ1n) is 6.07. The second-order valence-electron chi connectivity index (χ2n) is 4.14. The van der Waals surface area contributed by atoms with E-state index in [1.54, 1.807) is 24.3 Å². The highest BCUT2D eigenvalue weighted by molar-refractivity contribution is 5.44. The van der Waals surface area contributed by atoms with E-state index in [1.807, 2.05) is 0 Å². The third-order valence-electron chi connectivity index (χ3n) is 2.74. The van der Waals surface area contributed by atoms with E-state index < -0.39 is 21.5 Å². The van der Waals surface area contributed by atoms with Gasteiger partial charge in [0.1, 0.15) is 12.4 Å². The molecule has 0 saturated carbocycles. The number of hydrogen-bond donors (Lipinski definition) is 0. The molecule has 1 aromatic carbocycles. The number of pyridine rings is 1. The third kappa shape index (κ3) is 3.45. The zero-order chi connectivity index (χ0) is 16.1. The Morgan fingerprint density at radius 1 is 1.05 bits per heavy atom. The van der Waals surface area contributed by atoms with Crippen LogP contribution in [0.25, 0.3) is 0 Å². The highest BCUT2D eigenvalue weighted by Crippen LogP contribution is 2.28. The van der Waals surface area contributed by atoms with E-state index in [1.165, 1.54) is 7.11 Å². The maximum Gasteiger partial charge on any atom is 0.410 e. The van der Waals surface area contributed by atoms with Crippen LogP contribution in [-0.4, -0.2) is 21.9 Å². The molecule has 0 radical (unpaired) electrons. The Hall–Kier alpha value is -3.23. The van der Waals surface area contributed by atoms with Gasteiger partial charge in [0.05, 0.1) is 7.11 Å². The van der Waals surface area contributed by atoms with E-state index >= 15 is 0 Å². The lowest BCUT2D eigenvalue weighted by atomic mass is 10.2. The van der Waals surface area contributed by atoms with Crippen LogP contribution in [0.2, 0.25) is 0 Å². The Kier molecular flexibility index (Phi) is 4.47. The van der Waals surface area contributed by atoms with E-state index in [0.717, 1.165) is 17.7 Å². The molecule has 0 aliphatic carbocycles. The number of rotatable bonds is 6. The molecule has 1 heterocycles. The Balaban J connectivity index is 2.17. The number of nitrogens with zero attached hydrogens (tertiary/aromatic N) is 3. The van der Waals surface area contributed by atoms with Gasteiger partial charge < -0.3 is 29.7 Å². The van der Waals surface area contributed by atoms with Crippen LogP contribution in [0.15, 0.2) is 36.4 Å². The van der Waals surface area contributed by atoms with Crippen LogP contribution in [0.1, 0.15) is 5.56 Å². The lowest BCUT2D eigenvalue weighted by Crippen LogP contribution is -2.03. The first-order chi connectivity index (χ1) is 10.5. The average Bonchev–Trinajstić information content (AvgIpc) is 2.53. The Labute approximate surface area is 124 Å². The number of methoxy groups -OCH3 is 1. The fraction of sp³-hybridized carbons (Fsp3) is 0.154. The summed E-state index contributed by atoms with van der Waals surface area (Å²) in [6, 6.07) is 9.14. The van der Waals surface area contributed by atoms with Crippen molar-refractivity contribution >= 4 is 11.6 Å². The minimum absolute atomic E-state index is 0.0598.